The number of hydrazine groups is 1. The second-order valence-corrected chi connectivity index (χ2v) is 1.90. The van der Waals surface area contributed by atoms with Crippen molar-refractivity contribution in [2.24, 2.45) is 5.28 Å². The summed E-state index contributed by atoms with van der Waals surface area (Å²) in [6.45, 7) is 1.84. The van der Waals surface area contributed by atoms with Crippen molar-refractivity contribution in [3.8, 4) is 0 Å². The topological polar surface area (TPSA) is 74.0 Å². The number of ether oxygens (including phenoxy) is 1. The van der Waals surface area contributed by atoms with E-state index in [1.807, 2.05) is 0 Å². The van der Waals surface area contributed by atoms with Gasteiger partial charge in [0.15, 0.2) is 0 Å². The Labute approximate surface area is 86.2 Å². The van der Waals surface area contributed by atoms with Crippen LogP contribution in [0.3, 0.4) is 0 Å². The van der Waals surface area contributed by atoms with Crippen LogP contribution in [-0.4, -0.2) is 36.3 Å². The Balaban J connectivity index is 0.000001000. The Morgan fingerprint density at radius 3 is 2.36 bits per heavy atom. The quantitative estimate of drug-likeness (QED) is 0.178. The Hall–Kier alpha value is -0.0400. The van der Waals surface area contributed by atoms with Gasteiger partial charge in [0.25, 0.3) is 0 Å². The molecule has 0 unspecified atom stereocenters. The van der Waals surface area contributed by atoms with Gasteiger partial charge in [-0.15, -0.1) is 5.01 Å². The number of rotatable bonds is 1. The van der Waals surface area contributed by atoms with Crippen LogP contribution in [0, 0.1) is 10.4 Å². The summed E-state index contributed by atoms with van der Waals surface area (Å²) < 4.78 is 4.94. The van der Waals surface area contributed by atoms with Crippen molar-refractivity contribution in [1.82, 2.24) is 5.01 Å². The number of hydrogen-bond donors (Lipinski definition) is 0. The number of morpholine rings is 1. The zero-order chi connectivity index (χ0) is 7.40. The van der Waals surface area contributed by atoms with Gasteiger partial charge >= 0.3 is 29.6 Å². The molecule has 11 heavy (non-hydrogen) atoms. The van der Waals surface area contributed by atoms with Gasteiger partial charge in [0, 0.05) is 4.97 Å². The van der Waals surface area contributed by atoms with Crippen LogP contribution in [0.1, 0.15) is 0 Å². The fraction of sp³-hybridized carbons (Fsp3) is 1.00. The summed E-state index contributed by atoms with van der Waals surface area (Å²) in [6, 6.07) is 0. The molecule has 0 aromatic carbocycles. The zero-order valence-electron chi connectivity index (χ0n) is 6.39. The molecule has 1 saturated heterocycles. The summed E-state index contributed by atoms with van der Waals surface area (Å²) in [6.07, 6.45) is 0. The predicted molar refractivity (Wildman–Crippen MR) is 31.8 cm³/mol. The van der Waals surface area contributed by atoms with Crippen molar-refractivity contribution in [1.29, 1.82) is 0 Å². The summed E-state index contributed by atoms with van der Waals surface area (Å²) in [7, 11) is 0. The van der Waals surface area contributed by atoms with Crippen LogP contribution in [0.25, 0.3) is 0 Å². The molecule has 7 heteroatoms. The molecule has 0 atom stereocenters. The van der Waals surface area contributed by atoms with E-state index in [4.69, 9.17) is 4.74 Å². The summed E-state index contributed by atoms with van der Waals surface area (Å²) in [5, 5.41) is 23.7. The SMILES string of the molecule is [Na+].[O-]/N=[N+](/[O-])N1CCOCC1. The molecule has 6 nitrogen and oxygen atoms in total. The van der Waals surface area contributed by atoms with E-state index in [-0.39, 0.29) is 34.5 Å². The van der Waals surface area contributed by atoms with Gasteiger partial charge in [-0.25, -0.2) is 0 Å². The van der Waals surface area contributed by atoms with E-state index in [1.165, 1.54) is 5.01 Å². The summed E-state index contributed by atoms with van der Waals surface area (Å²) in [4.78, 5) is 0.0581. The third-order valence-electron chi connectivity index (χ3n) is 1.30. The zero-order valence-corrected chi connectivity index (χ0v) is 8.39. The van der Waals surface area contributed by atoms with E-state index >= 15 is 0 Å². The first-order valence-corrected chi connectivity index (χ1v) is 2.97. The molecule has 1 aliphatic rings. The summed E-state index contributed by atoms with van der Waals surface area (Å²) >= 11 is 0. The molecule has 0 bridgehead atoms. The van der Waals surface area contributed by atoms with Crippen LogP contribution in [0.4, 0.5) is 0 Å². The van der Waals surface area contributed by atoms with Gasteiger partial charge in [0.1, 0.15) is 13.1 Å². The monoisotopic (exact) mass is 169 g/mol. The average Bonchev–Trinajstić information content (AvgIpc) is 2.05. The molecule has 1 aliphatic heterocycles. The van der Waals surface area contributed by atoms with Crippen molar-refractivity contribution in [2.45, 2.75) is 0 Å². The number of nitrogens with zero attached hydrogens (tertiary/aromatic N) is 3. The van der Waals surface area contributed by atoms with Gasteiger partial charge in [-0.2, -0.15) is 0 Å². The maximum Gasteiger partial charge on any atom is 1.00 e. The van der Waals surface area contributed by atoms with Gasteiger partial charge in [0.05, 0.1) is 13.2 Å². The van der Waals surface area contributed by atoms with E-state index < -0.39 is 0 Å². The third kappa shape index (κ3) is 3.24. The molecule has 0 saturated carbocycles. The second kappa shape index (κ2) is 5.59. The summed E-state index contributed by atoms with van der Waals surface area (Å²) in [5.41, 5.74) is 0. The summed E-state index contributed by atoms with van der Waals surface area (Å²) in [5.74, 6) is 0. The van der Waals surface area contributed by atoms with Gasteiger partial charge in [-0.1, -0.05) is 0 Å². The van der Waals surface area contributed by atoms with Crippen LogP contribution in [-0.2, 0) is 4.74 Å². The van der Waals surface area contributed by atoms with Crippen LogP contribution < -0.4 is 29.6 Å². The van der Waals surface area contributed by atoms with Gasteiger partial charge < -0.3 is 15.2 Å². The van der Waals surface area contributed by atoms with Crippen LogP contribution in [0.2, 0.25) is 0 Å². The fourth-order valence-corrected chi connectivity index (χ4v) is 0.776. The standard InChI is InChI=1S/C4H9N3O3.Na/c8-5-7(9)6-1-3-10-4-2-6;/h8H,1-4H2;/q;+1/p-1/b7-5+;. The second-order valence-electron chi connectivity index (χ2n) is 1.90. The van der Waals surface area contributed by atoms with Crippen molar-refractivity contribution in [3.05, 3.63) is 10.4 Å². The van der Waals surface area contributed by atoms with Crippen molar-refractivity contribution in [2.75, 3.05) is 26.3 Å². The van der Waals surface area contributed by atoms with Crippen LogP contribution in [0.5, 0.6) is 0 Å². The van der Waals surface area contributed by atoms with E-state index in [9.17, 15) is 10.4 Å². The molecule has 0 N–H and O–H groups in total. The molecule has 1 rings (SSSR count). The first kappa shape index (κ1) is 11.0. The fourth-order valence-electron chi connectivity index (χ4n) is 0.776. The van der Waals surface area contributed by atoms with Crippen molar-refractivity contribution in [3.63, 3.8) is 0 Å². The minimum Gasteiger partial charge on any atom is -0.737 e. The van der Waals surface area contributed by atoms with Gasteiger partial charge in [0.2, 0.25) is 0 Å². The molecular weight excluding hydrogens is 161 g/mol. The van der Waals surface area contributed by atoms with Crippen LogP contribution in [0.15, 0.2) is 5.28 Å². The molecule has 1 heterocycles. The largest absolute Gasteiger partial charge is 1.00 e. The Kier molecular flexibility index (Phi) is 5.57. The molecular formula is C4H8N3NaO3. The van der Waals surface area contributed by atoms with E-state index in [0.29, 0.717) is 26.3 Å². The van der Waals surface area contributed by atoms with E-state index in [2.05, 4.69) is 5.28 Å². The smallest absolute Gasteiger partial charge is 0.737 e. The van der Waals surface area contributed by atoms with Crippen LogP contribution >= 0.6 is 0 Å². The van der Waals surface area contributed by atoms with Gasteiger partial charge in [-0.05, 0) is 5.28 Å². The Morgan fingerprint density at radius 1 is 1.36 bits per heavy atom. The van der Waals surface area contributed by atoms with E-state index in [1.54, 1.807) is 0 Å². The molecule has 58 valence electrons. The Bertz CT molecular complexity index is 137. The molecule has 0 amide bonds. The minimum absolute atomic E-state index is 0. The molecule has 0 aliphatic carbocycles. The van der Waals surface area contributed by atoms with Gasteiger partial charge in [-0.3, -0.25) is 0 Å². The first-order valence-electron chi connectivity index (χ1n) is 2.97. The molecule has 1 fully saturated rings. The normalized spacial score (nSPS) is 19.3. The van der Waals surface area contributed by atoms with Crippen molar-refractivity contribution < 1.29 is 39.3 Å². The van der Waals surface area contributed by atoms with E-state index in [0.717, 1.165) is 0 Å². The molecule has 0 spiro atoms. The average molecular weight is 169 g/mol. The molecule has 0 radical (unpaired) electrons. The molecule has 0 aromatic heterocycles. The maximum absolute atomic E-state index is 10.5. The maximum atomic E-state index is 10.5. The minimum atomic E-state index is 0. The molecule has 0 aromatic rings. The number of hydrogen-bond acceptors (Lipinski definition) is 4. The predicted octanol–water partition coefficient (Wildman–Crippen LogP) is -3.30. The Morgan fingerprint density at radius 2 is 1.91 bits per heavy atom. The third-order valence-corrected chi connectivity index (χ3v) is 1.30. The first-order chi connectivity index (χ1) is 4.84. The van der Waals surface area contributed by atoms with Crippen molar-refractivity contribution >= 4 is 0 Å².